The lowest BCUT2D eigenvalue weighted by molar-refractivity contribution is -0.244. The highest BCUT2D eigenvalue weighted by molar-refractivity contribution is 5.91. The summed E-state index contributed by atoms with van der Waals surface area (Å²) in [4.78, 5) is 11.8. The fourth-order valence-electron chi connectivity index (χ4n) is 3.43. The van der Waals surface area contributed by atoms with Gasteiger partial charge in [-0.25, -0.2) is 0 Å². The van der Waals surface area contributed by atoms with Gasteiger partial charge in [0.2, 0.25) is 0 Å². The molecule has 0 aromatic carbocycles. The smallest absolute Gasteiger partial charge is 0.305 e. The van der Waals surface area contributed by atoms with Gasteiger partial charge in [-0.15, -0.1) is 0 Å². The first-order valence-corrected chi connectivity index (χ1v) is 9.11. The Balaban J connectivity index is 2.20. The zero-order chi connectivity index (χ0) is 18.4. The lowest BCUT2D eigenvalue weighted by Crippen LogP contribution is -2.50. The first kappa shape index (κ1) is 20.1. The predicted molar refractivity (Wildman–Crippen MR) is 94.4 cm³/mol. The third kappa shape index (κ3) is 5.39. The molecule has 3 atom stereocenters. The van der Waals surface area contributed by atoms with Gasteiger partial charge in [0.05, 0.1) is 38.5 Å². The summed E-state index contributed by atoms with van der Waals surface area (Å²) in [6.45, 7) is 7.82. The standard InChI is InChI=1S/C18H32N2O5/c1-6-13(10-16(21)23-5)17-15(12-24-18(2,3)25-17)19-20-9-7-8-14(20)11-22-4/h13-14,17H,6-12H2,1-5H3/b19-15+/t13-,14-,17-/m0/s1. The second-order valence-corrected chi connectivity index (χ2v) is 7.18. The van der Waals surface area contributed by atoms with Crippen molar-refractivity contribution in [2.75, 3.05) is 34.0 Å². The van der Waals surface area contributed by atoms with E-state index in [9.17, 15) is 4.79 Å². The molecule has 2 rings (SSSR count). The molecule has 2 aliphatic heterocycles. The molecule has 0 unspecified atom stereocenters. The number of hydrazone groups is 1. The molecule has 2 fully saturated rings. The van der Waals surface area contributed by atoms with Crippen LogP contribution >= 0.6 is 0 Å². The van der Waals surface area contributed by atoms with Gasteiger partial charge >= 0.3 is 5.97 Å². The summed E-state index contributed by atoms with van der Waals surface area (Å²) in [5.41, 5.74) is 0.845. The van der Waals surface area contributed by atoms with E-state index in [2.05, 4.69) is 11.9 Å². The molecule has 0 spiro atoms. The quantitative estimate of drug-likeness (QED) is 0.651. The van der Waals surface area contributed by atoms with Gasteiger partial charge in [0.25, 0.3) is 0 Å². The van der Waals surface area contributed by atoms with Crippen molar-refractivity contribution in [3.8, 4) is 0 Å². The number of rotatable bonds is 7. The van der Waals surface area contributed by atoms with Crippen LogP contribution in [-0.2, 0) is 23.7 Å². The van der Waals surface area contributed by atoms with Crippen molar-refractivity contribution in [2.24, 2.45) is 11.0 Å². The molecule has 144 valence electrons. The number of ether oxygens (including phenoxy) is 4. The van der Waals surface area contributed by atoms with E-state index in [0.717, 1.165) is 31.5 Å². The Labute approximate surface area is 150 Å². The molecule has 0 aromatic heterocycles. The van der Waals surface area contributed by atoms with Gasteiger partial charge in [-0.2, -0.15) is 5.10 Å². The van der Waals surface area contributed by atoms with Gasteiger partial charge in [0, 0.05) is 19.6 Å². The number of esters is 1. The molecular formula is C18H32N2O5. The summed E-state index contributed by atoms with van der Waals surface area (Å²) in [5.74, 6) is -0.903. The van der Waals surface area contributed by atoms with Crippen molar-refractivity contribution in [3.05, 3.63) is 0 Å². The van der Waals surface area contributed by atoms with Crippen molar-refractivity contribution in [1.29, 1.82) is 0 Å². The van der Waals surface area contributed by atoms with Crippen LogP contribution in [0.2, 0.25) is 0 Å². The van der Waals surface area contributed by atoms with Crippen molar-refractivity contribution in [1.82, 2.24) is 5.01 Å². The molecular weight excluding hydrogens is 324 g/mol. The van der Waals surface area contributed by atoms with E-state index in [0.29, 0.717) is 19.6 Å². The van der Waals surface area contributed by atoms with Crippen LogP contribution in [0.3, 0.4) is 0 Å². The van der Waals surface area contributed by atoms with Crippen LogP contribution in [0.1, 0.15) is 46.5 Å². The zero-order valence-electron chi connectivity index (χ0n) is 16.1. The van der Waals surface area contributed by atoms with E-state index in [1.54, 1.807) is 7.11 Å². The lowest BCUT2D eigenvalue weighted by Gasteiger charge is -2.40. The van der Waals surface area contributed by atoms with Gasteiger partial charge in [-0.05, 0) is 33.1 Å². The average Bonchev–Trinajstić information content (AvgIpc) is 3.01. The van der Waals surface area contributed by atoms with Crippen LogP contribution in [0.5, 0.6) is 0 Å². The summed E-state index contributed by atoms with van der Waals surface area (Å²) in [7, 11) is 3.13. The molecule has 2 saturated heterocycles. The summed E-state index contributed by atoms with van der Waals surface area (Å²) in [5, 5.41) is 6.94. The molecule has 2 heterocycles. The van der Waals surface area contributed by atoms with E-state index in [1.165, 1.54) is 7.11 Å². The third-order valence-electron chi connectivity index (χ3n) is 4.88. The Morgan fingerprint density at radius 3 is 2.84 bits per heavy atom. The summed E-state index contributed by atoms with van der Waals surface area (Å²) in [6.07, 6.45) is 3.03. The second kappa shape index (κ2) is 8.96. The largest absolute Gasteiger partial charge is 0.469 e. The molecule has 7 nitrogen and oxygen atoms in total. The predicted octanol–water partition coefficient (Wildman–Crippen LogP) is 2.19. The van der Waals surface area contributed by atoms with E-state index in [1.807, 2.05) is 13.8 Å². The first-order chi connectivity index (χ1) is 11.9. The van der Waals surface area contributed by atoms with Crippen LogP contribution < -0.4 is 0 Å². The first-order valence-electron chi connectivity index (χ1n) is 9.11. The summed E-state index contributed by atoms with van der Waals surface area (Å²) < 4.78 is 22.1. The summed E-state index contributed by atoms with van der Waals surface area (Å²) in [6, 6.07) is 0.286. The third-order valence-corrected chi connectivity index (χ3v) is 4.88. The minimum atomic E-state index is -0.690. The molecule has 0 saturated carbocycles. The Kier molecular flexibility index (Phi) is 7.22. The molecule has 0 amide bonds. The van der Waals surface area contributed by atoms with Crippen LogP contribution in [0.4, 0.5) is 0 Å². The normalized spacial score (nSPS) is 29.0. The van der Waals surface area contributed by atoms with Crippen molar-refractivity contribution in [2.45, 2.75) is 64.4 Å². The minimum absolute atomic E-state index is 0.0119. The SMILES string of the molecule is CC[C@@H](CC(=O)OC)[C@@H]1OC(C)(C)OC/C1=N\N1CCC[C@H]1COC. The lowest BCUT2D eigenvalue weighted by atomic mass is 9.91. The van der Waals surface area contributed by atoms with Crippen LogP contribution in [-0.4, -0.2) is 68.6 Å². The van der Waals surface area contributed by atoms with E-state index < -0.39 is 5.79 Å². The molecule has 25 heavy (non-hydrogen) atoms. The molecule has 0 aromatic rings. The maximum Gasteiger partial charge on any atom is 0.305 e. The highest BCUT2D eigenvalue weighted by atomic mass is 16.7. The maximum absolute atomic E-state index is 11.8. The van der Waals surface area contributed by atoms with Gasteiger partial charge in [0.15, 0.2) is 5.79 Å². The van der Waals surface area contributed by atoms with Crippen molar-refractivity contribution in [3.63, 3.8) is 0 Å². The molecule has 0 N–H and O–H groups in total. The fourth-order valence-corrected chi connectivity index (χ4v) is 3.43. The van der Waals surface area contributed by atoms with Gasteiger partial charge in [-0.3, -0.25) is 9.80 Å². The second-order valence-electron chi connectivity index (χ2n) is 7.18. The number of hydrogen-bond acceptors (Lipinski definition) is 7. The molecule has 7 heteroatoms. The molecule has 0 aliphatic carbocycles. The van der Waals surface area contributed by atoms with Crippen LogP contribution in [0.15, 0.2) is 5.10 Å². The number of carbonyl (C=O) groups is 1. The number of hydrogen-bond donors (Lipinski definition) is 0. The Morgan fingerprint density at radius 2 is 2.20 bits per heavy atom. The number of carbonyl (C=O) groups excluding carboxylic acids is 1. The summed E-state index contributed by atoms with van der Waals surface area (Å²) >= 11 is 0. The highest BCUT2D eigenvalue weighted by Gasteiger charge is 2.39. The molecule has 0 radical (unpaired) electrons. The maximum atomic E-state index is 11.8. The fraction of sp³-hybridized carbons (Fsp3) is 0.889. The number of methoxy groups -OCH3 is 2. The van der Waals surface area contributed by atoms with Crippen LogP contribution in [0.25, 0.3) is 0 Å². The minimum Gasteiger partial charge on any atom is -0.469 e. The topological polar surface area (TPSA) is 69.6 Å². The van der Waals surface area contributed by atoms with Gasteiger partial charge in [0.1, 0.15) is 6.10 Å². The average molecular weight is 356 g/mol. The Hall–Kier alpha value is -1.18. The molecule has 2 aliphatic rings. The van der Waals surface area contributed by atoms with Crippen molar-refractivity contribution >= 4 is 11.7 Å². The van der Waals surface area contributed by atoms with Crippen LogP contribution in [0, 0.1) is 5.92 Å². The van der Waals surface area contributed by atoms with E-state index in [-0.39, 0.29) is 24.0 Å². The monoisotopic (exact) mass is 356 g/mol. The Morgan fingerprint density at radius 1 is 1.44 bits per heavy atom. The number of nitrogens with zero attached hydrogens (tertiary/aromatic N) is 2. The van der Waals surface area contributed by atoms with Gasteiger partial charge < -0.3 is 18.9 Å². The van der Waals surface area contributed by atoms with Crippen molar-refractivity contribution < 1.29 is 23.7 Å². The zero-order valence-corrected chi connectivity index (χ0v) is 16.1. The van der Waals surface area contributed by atoms with E-state index in [4.69, 9.17) is 24.0 Å². The van der Waals surface area contributed by atoms with E-state index >= 15 is 0 Å². The Bertz CT molecular complexity index is 480. The van der Waals surface area contributed by atoms with Gasteiger partial charge in [-0.1, -0.05) is 6.92 Å². The highest BCUT2D eigenvalue weighted by Crippen LogP contribution is 2.30. The molecule has 0 bridgehead atoms.